The van der Waals surface area contributed by atoms with Gasteiger partial charge in [-0.25, -0.2) is 4.39 Å². The van der Waals surface area contributed by atoms with Gasteiger partial charge in [-0.2, -0.15) is 0 Å². The SMILES string of the molecule is CC.CC(C)(C)O.COC(C)C.Cc1ncc(-c2ccc(N(C)CCOc3ccc(F)cc3Cl)cn2)c(N2CCC(C)(C)CC2)c1CC=O. The smallest absolute Gasteiger partial charge is 0.138 e. The molecule has 10 heteroatoms. The number of piperidine rings is 1. The number of ether oxygens (including phenoxy) is 2. The Morgan fingerprint density at radius 1 is 1.10 bits per heavy atom. The van der Waals surface area contributed by atoms with Gasteiger partial charge in [-0.1, -0.05) is 39.3 Å². The van der Waals surface area contributed by atoms with Crippen LogP contribution in [0.3, 0.4) is 0 Å². The van der Waals surface area contributed by atoms with E-state index in [1.54, 1.807) is 27.9 Å². The predicted molar refractivity (Wildman–Crippen MR) is 203 cm³/mol. The van der Waals surface area contributed by atoms with Gasteiger partial charge in [0, 0.05) is 56.7 Å². The van der Waals surface area contributed by atoms with Crippen LogP contribution in [0.2, 0.25) is 5.02 Å². The van der Waals surface area contributed by atoms with E-state index in [1.165, 1.54) is 18.2 Å². The molecule has 1 aliphatic rings. The molecule has 0 unspecified atom stereocenters. The molecule has 4 rings (SSSR count). The minimum absolute atomic E-state index is 0.252. The van der Waals surface area contributed by atoms with Crippen LogP contribution >= 0.6 is 11.6 Å². The number of carbonyl (C=O) groups is 1. The van der Waals surface area contributed by atoms with E-state index in [2.05, 4.69) is 23.7 Å². The first-order valence-electron chi connectivity index (χ1n) is 17.1. The summed E-state index contributed by atoms with van der Waals surface area (Å²) in [5.41, 5.74) is 5.47. The van der Waals surface area contributed by atoms with E-state index >= 15 is 0 Å². The third-order valence-electron chi connectivity index (χ3n) is 7.60. The first-order chi connectivity index (χ1) is 23.0. The molecular formula is C39H60ClFN4O4. The van der Waals surface area contributed by atoms with Crippen LogP contribution < -0.4 is 14.5 Å². The number of methoxy groups -OCH3 is 1. The molecule has 0 atom stereocenters. The number of pyridine rings is 2. The number of likely N-dealkylation sites (N-methyl/N-ethyl adjacent to an activating group) is 1. The van der Waals surface area contributed by atoms with Crippen LogP contribution in [-0.2, 0) is 16.0 Å². The van der Waals surface area contributed by atoms with Gasteiger partial charge in [0.15, 0.2) is 0 Å². The Balaban J connectivity index is 0.000000866. The third-order valence-corrected chi connectivity index (χ3v) is 7.90. The van der Waals surface area contributed by atoms with E-state index in [9.17, 15) is 9.18 Å². The minimum atomic E-state index is -0.500. The molecule has 49 heavy (non-hydrogen) atoms. The molecule has 0 spiro atoms. The largest absolute Gasteiger partial charge is 0.490 e. The number of aldehydes is 1. The normalized spacial score (nSPS) is 13.6. The zero-order chi connectivity index (χ0) is 37.4. The van der Waals surface area contributed by atoms with Crippen molar-refractivity contribution in [2.45, 2.75) is 100 Å². The van der Waals surface area contributed by atoms with Gasteiger partial charge in [0.1, 0.15) is 24.5 Å². The average molecular weight is 703 g/mol. The molecule has 1 N–H and O–H groups in total. The summed E-state index contributed by atoms with van der Waals surface area (Å²) in [6.45, 7) is 22.7. The zero-order valence-corrected chi connectivity index (χ0v) is 32.6. The van der Waals surface area contributed by atoms with Gasteiger partial charge in [-0.15, -0.1) is 0 Å². The molecule has 1 aliphatic heterocycles. The van der Waals surface area contributed by atoms with Crippen molar-refractivity contribution in [3.8, 4) is 17.0 Å². The fourth-order valence-electron chi connectivity index (χ4n) is 4.63. The Morgan fingerprint density at radius 2 is 1.69 bits per heavy atom. The summed E-state index contributed by atoms with van der Waals surface area (Å²) in [7, 11) is 3.66. The second kappa shape index (κ2) is 21.1. The van der Waals surface area contributed by atoms with Crippen LogP contribution in [0.25, 0.3) is 11.3 Å². The van der Waals surface area contributed by atoms with Gasteiger partial charge >= 0.3 is 0 Å². The number of anilines is 2. The lowest BCUT2D eigenvalue weighted by Crippen LogP contribution is -2.38. The summed E-state index contributed by atoms with van der Waals surface area (Å²) in [4.78, 5) is 25.4. The van der Waals surface area contributed by atoms with E-state index in [0.717, 1.165) is 66.1 Å². The summed E-state index contributed by atoms with van der Waals surface area (Å²) >= 11 is 6.04. The fraction of sp³-hybridized carbons (Fsp3) is 0.564. The Kier molecular flexibility index (Phi) is 18.8. The quantitative estimate of drug-likeness (QED) is 0.210. The van der Waals surface area contributed by atoms with Crippen LogP contribution in [0.15, 0.2) is 42.7 Å². The lowest BCUT2D eigenvalue weighted by molar-refractivity contribution is -0.107. The van der Waals surface area contributed by atoms with Gasteiger partial charge < -0.3 is 29.2 Å². The highest BCUT2D eigenvalue weighted by Crippen LogP contribution is 2.39. The molecule has 8 nitrogen and oxygen atoms in total. The number of aryl methyl sites for hydroxylation is 1. The number of halogens is 2. The van der Waals surface area contributed by atoms with Crippen LogP contribution in [0, 0.1) is 18.2 Å². The highest BCUT2D eigenvalue weighted by molar-refractivity contribution is 6.32. The summed E-state index contributed by atoms with van der Waals surface area (Å²) in [6.07, 6.45) is 7.58. The highest BCUT2D eigenvalue weighted by atomic mass is 35.5. The molecule has 3 aromatic rings. The maximum Gasteiger partial charge on any atom is 0.138 e. The predicted octanol–water partition coefficient (Wildman–Crippen LogP) is 8.97. The molecule has 0 amide bonds. The van der Waals surface area contributed by atoms with Gasteiger partial charge in [-0.3, -0.25) is 9.97 Å². The Bertz CT molecular complexity index is 1400. The van der Waals surface area contributed by atoms with E-state index in [-0.39, 0.29) is 5.02 Å². The molecule has 1 fully saturated rings. The lowest BCUT2D eigenvalue weighted by atomic mass is 9.82. The number of rotatable bonds is 10. The maximum atomic E-state index is 13.2. The molecule has 0 bridgehead atoms. The monoisotopic (exact) mass is 702 g/mol. The van der Waals surface area contributed by atoms with Crippen molar-refractivity contribution in [1.29, 1.82) is 0 Å². The first-order valence-corrected chi connectivity index (χ1v) is 17.5. The van der Waals surface area contributed by atoms with Crippen molar-refractivity contribution in [1.82, 2.24) is 9.97 Å². The molecule has 2 aromatic heterocycles. The highest BCUT2D eigenvalue weighted by Gasteiger charge is 2.29. The minimum Gasteiger partial charge on any atom is -0.490 e. The van der Waals surface area contributed by atoms with Gasteiger partial charge in [0.25, 0.3) is 0 Å². The Labute approximate surface area is 300 Å². The topological polar surface area (TPSA) is 88.0 Å². The molecule has 274 valence electrons. The van der Waals surface area contributed by atoms with Crippen LogP contribution in [0.5, 0.6) is 5.75 Å². The van der Waals surface area contributed by atoms with Crippen molar-refractivity contribution < 1.29 is 23.8 Å². The van der Waals surface area contributed by atoms with E-state index in [4.69, 9.17) is 31.2 Å². The molecular weight excluding hydrogens is 643 g/mol. The van der Waals surface area contributed by atoms with Crippen molar-refractivity contribution in [2.24, 2.45) is 5.41 Å². The molecule has 3 heterocycles. The van der Waals surface area contributed by atoms with E-state index in [1.807, 2.05) is 71.1 Å². The maximum absolute atomic E-state index is 13.2. The Morgan fingerprint density at radius 3 is 2.18 bits per heavy atom. The third kappa shape index (κ3) is 15.9. The molecule has 0 saturated carbocycles. The standard InChI is InChI=1S/C29H34ClFN4O2.2C4H10O.C2H6/c1-20-23(9-15-36)28(35-12-10-29(2,3)11-13-35)24(19-32-20)26-7-6-22(18-33-26)34(4)14-16-37-27-8-5-21(31)17-25(27)30;1-4(2)5-3;1-4(2,3)5;1-2/h5-8,15,17-19H,9-14,16H2,1-4H3;4H,1-3H3;5H,1-3H3;1-2H3. The number of hydrogen-bond donors (Lipinski definition) is 1. The van der Waals surface area contributed by atoms with E-state index in [0.29, 0.717) is 36.8 Å². The number of aliphatic hydroxyl groups is 1. The van der Waals surface area contributed by atoms with Crippen molar-refractivity contribution in [3.05, 3.63) is 64.8 Å². The lowest BCUT2D eigenvalue weighted by Gasteiger charge is -2.40. The number of carbonyl (C=O) groups excluding carboxylic acids is 1. The molecule has 0 aliphatic carbocycles. The van der Waals surface area contributed by atoms with Crippen LogP contribution in [0.4, 0.5) is 15.8 Å². The summed E-state index contributed by atoms with van der Waals surface area (Å²) in [6, 6.07) is 8.12. The molecule has 0 radical (unpaired) electrons. The van der Waals surface area contributed by atoms with Gasteiger partial charge in [0.2, 0.25) is 0 Å². The number of benzene rings is 1. The molecule has 1 saturated heterocycles. The van der Waals surface area contributed by atoms with Crippen LogP contribution in [0.1, 0.15) is 86.4 Å². The Hall–Kier alpha value is -3.27. The summed E-state index contributed by atoms with van der Waals surface area (Å²) in [5.74, 6) is 0.0616. The van der Waals surface area contributed by atoms with Crippen LogP contribution in [-0.4, -0.2) is 73.5 Å². The first kappa shape index (κ1) is 43.8. The summed E-state index contributed by atoms with van der Waals surface area (Å²) in [5, 5.41) is 8.77. The second-order valence-electron chi connectivity index (χ2n) is 13.8. The van der Waals surface area contributed by atoms with Crippen molar-refractivity contribution in [2.75, 3.05) is 50.2 Å². The van der Waals surface area contributed by atoms with Gasteiger partial charge in [-0.05, 0) is 90.1 Å². The average Bonchev–Trinajstić information content (AvgIpc) is 3.04. The zero-order valence-electron chi connectivity index (χ0n) is 31.9. The van der Waals surface area contributed by atoms with Gasteiger partial charge in [0.05, 0.1) is 46.5 Å². The molecule has 1 aromatic carbocycles. The van der Waals surface area contributed by atoms with E-state index < -0.39 is 11.4 Å². The second-order valence-corrected chi connectivity index (χ2v) is 14.2. The summed E-state index contributed by atoms with van der Waals surface area (Å²) < 4.78 is 23.7. The van der Waals surface area contributed by atoms with Crippen molar-refractivity contribution in [3.63, 3.8) is 0 Å². The number of aromatic nitrogens is 2. The van der Waals surface area contributed by atoms with Crippen molar-refractivity contribution >= 4 is 29.3 Å². The number of nitrogens with zero attached hydrogens (tertiary/aromatic N) is 4. The number of hydrogen-bond acceptors (Lipinski definition) is 8. The fourth-order valence-corrected chi connectivity index (χ4v) is 4.85.